The standard InChI is InChI=1S/C17H18N2O3S/c1-4-22-16(21)17(12-8-6-5-7-9-12)18-14(20)13-10(2)11(3)23-15(13)19-17/h5-9,19H,4H2,1-3H3,(H,18,20)/t17-/m0/s1. The summed E-state index contributed by atoms with van der Waals surface area (Å²) in [6, 6.07) is 9.10. The van der Waals surface area contributed by atoms with Crippen molar-refractivity contribution in [1.82, 2.24) is 5.32 Å². The van der Waals surface area contributed by atoms with Crippen molar-refractivity contribution in [1.29, 1.82) is 0 Å². The second-order valence-corrected chi connectivity index (χ2v) is 6.63. The second kappa shape index (κ2) is 5.70. The number of amides is 1. The number of benzene rings is 1. The van der Waals surface area contributed by atoms with Gasteiger partial charge in [-0.1, -0.05) is 30.3 Å². The van der Waals surface area contributed by atoms with Crippen LogP contribution in [0, 0.1) is 13.8 Å². The molecule has 120 valence electrons. The van der Waals surface area contributed by atoms with E-state index in [2.05, 4.69) is 10.6 Å². The van der Waals surface area contributed by atoms with Gasteiger partial charge in [0.15, 0.2) is 0 Å². The highest BCUT2D eigenvalue weighted by atomic mass is 32.1. The number of esters is 1. The van der Waals surface area contributed by atoms with E-state index in [0.717, 1.165) is 10.4 Å². The average molecular weight is 330 g/mol. The summed E-state index contributed by atoms with van der Waals surface area (Å²) in [5.74, 6) is -0.786. The van der Waals surface area contributed by atoms with E-state index in [9.17, 15) is 9.59 Å². The van der Waals surface area contributed by atoms with Crippen molar-refractivity contribution in [3.05, 3.63) is 51.9 Å². The number of aryl methyl sites for hydroxylation is 1. The van der Waals surface area contributed by atoms with Crippen LogP contribution in [0.15, 0.2) is 30.3 Å². The van der Waals surface area contributed by atoms with E-state index in [1.54, 1.807) is 19.1 Å². The predicted molar refractivity (Wildman–Crippen MR) is 89.6 cm³/mol. The predicted octanol–water partition coefficient (Wildman–Crippen LogP) is 2.94. The van der Waals surface area contributed by atoms with Crippen LogP contribution in [0.3, 0.4) is 0 Å². The van der Waals surface area contributed by atoms with E-state index < -0.39 is 11.6 Å². The van der Waals surface area contributed by atoms with Crippen molar-refractivity contribution >= 4 is 28.2 Å². The van der Waals surface area contributed by atoms with Crippen molar-refractivity contribution in [3.63, 3.8) is 0 Å². The normalized spacial score (nSPS) is 19.5. The molecule has 1 aliphatic rings. The molecule has 0 bridgehead atoms. The Balaban J connectivity index is 2.15. The fourth-order valence-electron chi connectivity index (χ4n) is 2.71. The molecule has 6 heteroatoms. The zero-order valence-corrected chi connectivity index (χ0v) is 14.0. The Morgan fingerprint density at radius 1 is 1.22 bits per heavy atom. The molecule has 0 aliphatic carbocycles. The summed E-state index contributed by atoms with van der Waals surface area (Å²) in [5.41, 5.74) is 0.774. The number of nitrogens with one attached hydrogen (secondary N) is 2. The maximum Gasteiger partial charge on any atom is 0.357 e. The van der Waals surface area contributed by atoms with Crippen LogP contribution in [0.25, 0.3) is 0 Å². The van der Waals surface area contributed by atoms with Crippen LogP contribution in [0.1, 0.15) is 33.3 Å². The number of carbonyl (C=O) groups is 2. The van der Waals surface area contributed by atoms with Gasteiger partial charge in [-0.25, -0.2) is 4.79 Å². The van der Waals surface area contributed by atoms with Gasteiger partial charge in [-0.15, -0.1) is 11.3 Å². The third-order valence-electron chi connectivity index (χ3n) is 4.00. The van der Waals surface area contributed by atoms with E-state index >= 15 is 0 Å². The molecule has 23 heavy (non-hydrogen) atoms. The van der Waals surface area contributed by atoms with E-state index in [0.29, 0.717) is 16.1 Å². The third-order valence-corrected chi connectivity index (χ3v) is 5.13. The topological polar surface area (TPSA) is 67.4 Å². The minimum Gasteiger partial charge on any atom is -0.463 e. The van der Waals surface area contributed by atoms with Crippen LogP contribution in [0.4, 0.5) is 5.00 Å². The molecule has 1 atom stereocenters. The summed E-state index contributed by atoms with van der Waals surface area (Å²) < 4.78 is 5.23. The first-order valence-electron chi connectivity index (χ1n) is 7.43. The molecule has 5 nitrogen and oxygen atoms in total. The van der Waals surface area contributed by atoms with Crippen molar-refractivity contribution in [2.45, 2.75) is 26.4 Å². The van der Waals surface area contributed by atoms with Gasteiger partial charge in [-0.2, -0.15) is 0 Å². The summed E-state index contributed by atoms with van der Waals surface area (Å²) in [7, 11) is 0. The van der Waals surface area contributed by atoms with Gasteiger partial charge in [0.1, 0.15) is 5.00 Å². The SMILES string of the molecule is CCOC(=O)[C@@]1(c2ccccc2)NC(=O)c2c(sc(C)c2C)N1. The van der Waals surface area contributed by atoms with E-state index in [-0.39, 0.29) is 12.5 Å². The fraction of sp³-hybridized carbons (Fsp3) is 0.294. The number of fused-ring (bicyclic) bond motifs is 1. The molecule has 3 rings (SSSR count). The molecule has 0 spiro atoms. The highest BCUT2D eigenvalue weighted by Crippen LogP contribution is 2.40. The molecule has 0 saturated heterocycles. The molecule has 1 aliphatic heterocycles. The van der Waals surface area contributed by atoms with Crippen molar-refractivity contribution in [3.8, 4) is 0 Å². The summed E-state index contributed by atoms with van der Waals surface area (Å²) in [6.07, 6.45) is 0. The maximum absolute atomic E-state index is 12.7. The molecule has 2 aromatic rings. The first-order chi connectivity index (χ1) is 11.0. The van der Waals surface area contributed by atoms with E-state index in [1.165, 1.54) is 11.3 Å². The number of anilines is 1. The van der Waals surface area contributed by atoms with Crippen LogP contribution in [-0.4, -0.2) is 18.5 Å². The van der Waals surface area contributed by atoms with Gasteiger partial charge in [0.2, 0.25) is 5.66 Å². The first kappa shape index (κ1) is 15.6. The summed E-state index contributed by atoms with van der Waals surface area (Å²) in [6.45, 7) is 5.85. The Labute approximate surface area is 138 Å². The van der Waals surface area contributed by atoms with Gasteiger partial charge in [0, 0.05) is 10.4 Å². The van der Waals surface area contributed by atoms with Gasteiger partial charge >= 0.3 is 5.97 Å². The van der Waals surface area contributed by atoms with Gasteiger partial charge in [-0.05, 0) is 26.3 Å². The molecule has 1 amide bonds. The molecule has 2 heterocycles. The van der Waals surface area contributed by atoms with Crippen LogP contribution >= 0.6 is 11.3 Å². The lowest BCUT2D eigenvalue weighted by molar-refractivity contribution is -0.150. The Bertz CT molecular complexity index is 770. The van der Waals surface area contributed by atoms with Gasteiger partial charge < -0.3 is 15.4 Å². The zero-order valence-electron chi connectivity index (χ0n) is 13.2. The molecular weight excluding hydrogens is 312 g/mol. The first-order valence-corrected chi connectivity index (χ1v) is 8.24. The second-order valence-electron chi connectivity index (χ2n) is 5.40. The lowest BCUT2D eigenvalue weighted by Crippen LogP contribution is -2.60. The Hall–Kier alpha value is -2.34. The number of hydrogen-bond donors (Lipinski definition) is 2. The zero-order chi connectivity index (χ0) is 16.6. The molecule has 0 radical (unpaired) electrons. The smallest absolute Gasteiger partial charge is 0.357 e. The highest BCUT2D eigenvalue weighted by molar-refractivity contribution is 7.16. The molecular formula is C17H18N2O3S. The average Bonchev–Trinajstić information content (AvgIpc) is 2.83. The van der Waals surface area contributed by atoms with Crippen molar-refractivity contribution < 1.29 is 14.3 Å². The highest BCUT2D eigenvalue weighted by Gasteiger charge is 2.48. The Morgan fingerprint density at radius 2 is 1.91 bits per heavy atom. The molecule has 0 unspecified atom stereocenters. The number of ether oxygens (including phenoxy) is 1. The summed E-state index contributed by atoms with van der Waals surface area (Å²) >= 11 is 1.47. The molecule has 1 aromatic carbocycles. The fourth-order valence-corrected chi connectivity index (χ4v) is 3.83. The summed E-state index contributed by atoms with van der Waals surface area (Å²) in [4.78, 5) is 26.4. The number of rotatable bonds is 3. The molecule has 2 N–H and O–H groups in total. The molecule has 0 saturated carbocycles. The van der Waals surface area contributed by atoms with Crippen LogP contribution in [0.5, 0.6) is 0 Å². The third kappa shape index (κ3) is 2.39. The van der Waals surface area contributed by atoms with Crippen LogP contribution < -0.4 is 10.6 Å². The van der Waals surface area contributed by atoms with Crippen LogP contribution in [-0.2, 0) is 15.2 Å². The van der Waals surface area contributed by atoms with Crippen LogP contribution in [0.2, 0.25) is 0 Å². The summed E-state index contributed by atoms with van der Waals surface area (Å²) in [5, 5.41) is 6.73. The monoisotopic (exact) mass is 330 g/mol. The lowest BCUT2D eigenvalue weighted by atomic mass is 9.95. The van der Waals surface area contributed by atoms with E-state index in [1.807, 2.05) is 32.0 Å². The Morgan fingerprint density at radius 3 is 2.57 bits per heavy atom. The van der Waals surface area contributed by atoms with Crippen molar-refractivity contribution in [2.24, 2.45) is 0 Å². The minimum atomic E-state index is -1.40. The quantitative estimate of drug-likeness (QED) is 0.849. The number of hydrogen-bond acceptors (Lipinski definition) is 5. The minimum absolute atomic E-state index is 0.236. The van der Waals surface area contributed by atoms with Crippen molar-refractivity contribution in [2.75, 3.05) is 11.9 Å². The lowest BCUT2D eigenvalue weighted by Gasteiger charge is -2.37. The number of thiophene rings is 1. The van der Waals surface area contributed by atoms with Gasteiger partial charge in [-0.3, -0.25) is 4.79 Å². The largest absolute Gasteiger partial charge is 0.463 e. The Kier molecular flexibility index (Phi) is 3.85. The van der Waals surface area contributed by atoms with Gasteiger partial charge in [0.25, 0.3) is 5.91 Å². The number of carbonyl (C=O) groups excluding carboxylic acids is 2. The van der Waals surface area contributed by atoms with E-state index in [4.69, 9.17) is 4.74 Å². The molecule has 0 fully saturated rings. The van der Waals surface area contributed by atoms with Gasteiger partial charge in [0.05, 0.1) is 12.2 Å². The maximum atomic E-state index is 12.7. The molecule has 1 aromatic heterocycles.